The second kappa shape index (κ2) is 9.27. The van der Waals surface area contributed by atoms with Gasteiger partial charge in [-0.3, -0.25) is 15.0 Å². The Morgan fingerprint density at radius 2 is 1.77 bits per heavy atom. The molecule has 1 fully saturated rings. The number of fused-ring (bicyclic) bond motifs is 2. The lowest BCUT2D eigenvalue weighted by Crippen LogP contribution is -2.24. The van der Waals surface area contributed by atoms with Gasteiger partial charge in [0.15, 0.2) is 5.82 Å². The third kappa shape index (κ3) is 4.40. The number of rotatable bonds is 5. The van der Waals surface area contributed by atoms with Crippen LogP contribution in [0, 0.1) is 11.6 Å². The molecule has 40 heavy (non-hydrogen) atoms. The standard InChI is InChI=1S/C30H22F4N6/c31-21-6-4-18(5-7-21)22-2-1-3-25-27(22)37-29(36-25)28-23-11-19(12-24(32)26(23)38-39-28)20-10-17(13-35-14-20)15-40-9-8-30(33,34)16-40/h1-7,10-14H,8-9,15-16H2,(H,36,37)(H,38,39). The van der Waals surface area contributed by atoms with E-state index in [1.165, 1.54) is 18.2 Å². The van der Waals surface area contributed by atoms with Gasteiger partial charge in [0, 0.05) is 48.4 Å². The van der Waals surface area contributed by atoms with Crippen LogP contribution in [0.1, 0.15) is 12.0 Å². The molecule has 0 amide bonds. The highest BCUT2D eigenvalue weighted by molar-refractivity contribution is 5.98. The van der Waals surface area contributed by atoms with Crippen molar-refractivity contribution in [3.8, 4) is 33.8 Å². The van der Waals surface area contributed by atoms with Crippen molar-refractivity contribution in [3.63, 3.8) is 0 Å². The minimum atomic E-state index is -2.67. The first-order chi connectivity index (χ1) is 19.3. The number of aromatic amines is 2. The van der Waals surface area contributed by atoms with Crippen molar-refractivity contribution in [2.75, 3.05) is 13.1 Å². The number of pyridine rings is 1. The lowest BCUT2D eigenvalue weighted by Gasteiger charge is -2.15. The van der Waals surface area contributed by atoms with Crippen molar-refractivity contribution in [2.45, 2.75) is 18.9 Å². The molecule has 2 N–H and O–H groups in total. The average molecular weight is 543 g/mol. The number of hydrogen-bond donors (Lipinski definition) is 2. The Hall–Kier alpha value is -4.57. The molecule has 6 aromatic rings. The number of nitrogens with zero attached hydrogens (tertiary/aromatic N) is 4. The lowest BCUT2D eigenvalue weighted by atomic mass is 10.0. The molecule has 0 bridgehead atoms. The number of para-hydroxylation sites is 1. The molecule has 0 aliphatic carbocycles. The summed E-state index contributed by atoms with van der Waals surface area (Å²) in [6, 6.07) is 16.9. The maximum absolute atomic E-state index is 15.3. The fourth-order valence-electron chi connectivity index (χ4n) is 5.36. The molecule has 4 heterocycles. The van der Waals surface area contributed by atoms with E-state index < -0.39 is 11.7 Å². The molecule has 1 saturated heterocycles. The highest BCUT2D eigenvalue weighted by Gasteiger charge is 2.37. The van der Waals surface area contributed by atoms with E-state index in [1.807, 2.05) is 30.3 Å². The van der Waals surface area contributed by atoms with Crippen LogP contribution in [0.25, 0.3) is 55.7 Å². The van der Waals surface area contributed by atoms with Crippen LogP contribution < -0.4 is 0 Å². The van der Waals surface area contributed by atoms with E-state index in [1.54, 1.807) is 29.4 Å². The number of nitrogens with one attached hydrogen (secondary N) is 2. The summed E-state index contributed by atoms with van der Waals surface area (Å²) in [6.07, 6.45) is 3.11. The Bertz CT molecular complexity index is 1880. The third-order valence-electron chi connectivity index (χ3n) is 7.30. The first-order valence-corrected chi connectivity index (χ1v) is 12.8. The lowest BCUT2D eigenvalue weighted by molar-refractivity contribution is 0.0115. The number of benzene rings is 3. The minimum absolute atomic E-state index is 0.154. The Balaban J connectivity index is 1.27. The molecule has 3 aromatic carbocycles. The summed E-state index contributed by atoms with van der Waals surface area (Å²) in [7, 11) is 0. The first-order valence-electron chi connectivity index (χ1n) is 12.8. The van der Waals surface area contributed by atoms with Crippen LogP contribution in [0.2, 0.25) is 0 Å². The van der Waals surface area contributed by atoms with Crippen molar-refractivity contribution in [3.05, 3.63) is 90.3 Å². The molecule has 3 aromatic heterocycles. The van der Waals surface area contributed by atoms with E-state index in [4.69, 9.17) is 4.98 Å². The normalized spacial score (nSPS) is 15.4. The summed E-state index contributed by atoms with van der Waals surface area (Å²) in [5.41, 5.74) is 5.78. The van der Waals surface area contributed by atoms with Crippen molar-refractivity contribution in [2.24, 2.45) is 0 Å². The zero-order chi connectivity index (χ0) is 27.4. The maximum Gasteiger partial charge on any atom is 0.261 e. The Kier molecular flexibility index (Phi) is 5.67. The van der Waals surface area contributed by atoms with E-state index in [9.17, 15) is 13.2 Å². The molecule has 6 nitrogen and oxygen atoms in total. The molecule has 7 rings (SSSR count). The van der Waals surface area contributed by atoms with Gasteiger partial charge in [0.05, 0.1) is 17.6 Å². The first kappa shape index (κ1) is 24.5. The molecule has 10 heteroatoms. The number of H-pyrrole nitrogens is 2. The number of imidazole rings is 1. The van der Waals surface area contributed by atoms with Crippen molar-refractivity contribution < 1.29 is 17.6 Å². The number of alkyl halides is 2. The molecular weight excluding hydrogens is 520 g/mol. The Labute approximate surface area is 225 Å². The van der Waals surface area contributed by atoms with E-state index in [-0.39, 0.29) is 24.3 Å². The second-order valence-corrected chi connectivity index (χ2v) is 10.1. The fourth-order valence-corrected chi connectivity index (χ4v) is 5.36. The van der Waals surface area contributed by atoms with E-state index in [0.29, 0.717) is 46.6 Å². The molecule has 0 atom stereocenters. The highest BCUT2D eigenvalue weighted by Crippen LogP contribution is 2.35. The van der Waals surface area contributed by atoms with Crippen LogP contribution in [0.4, 0.5) is 17.6 Å². The molecule has 200 valence electrons. The quantitative estimate of drug-likeness (QED) is 0.231. The third-order valence-corrected chi connectivity index (χ3v) is 7.30. The molecule has 0 saturated carbocycles. The van der Waals surface area contributed by atoms with Gasteiger partial charge in [-0.15, -0.1) is 0 Å². The monoisotopic (exact) mass is 542 g/mol. The zero-order valence-corrected chi connectivity index (χ0v) is 21.1. The number of likely N-dealkylation sites (tertiary alicyclic amines) is 1. The van der Waals surface area contributed by atoms with Crippen LogP contribution in [-0.4, -0.2) is 49.1 Å². The summed E-state index contributed by atoms with van der Waals surface area (Å²) in [6.45, 7) is 0.376. The van der Waals surface area contributed by atoms with Gasteiger partial charge in [0.25, 0.3) is 5.92 Å². The fraction of sp³-hybridized carbons (Fsp3) is 0.167. The van der Waals surface area contributed by atoms with Gasteiger partial charge in [-0.2, -0.15) is 5.10 Å². The van der Waals surface area contributed by atoms with Crippen molar-refractivity contribution >= 4 is 21.9 Å². The van der Waals surface area contributed by atoms with Crippen molar-refractivity contribution in [1.82, 2.24) is 30.0 Å². The molecule has 0 unspecified atom stereocenters. The topological polar surface area (TPSA) is 73.5 Å². The smallest absolute Gasteiger partial charge is 0.261 e. The van der Waals surface area contributed by atoms with Crippen LogP contribution in [-0.2, 0) is 6.54 Å². The predicted octanol–water partition coefficient (Wildman–Crippen LogP) is 6.95. The highest BCUT2D eigenvalue weighted by atomic mass is 19.3. The van der Waals surface area contributed by atoms with Gasteiger partial charge in [-0.05, 0) is 53.1 Å². The van der Waals surface area contributed by atoms with Crippen molar-refractivity contribution in [1.29, 1.82) is 0 Å². The molecule has 0 radical (unpaired) electrons. The van der Waals surface area contributed by atoms with Gasteiger partial charge in [0.2, 0.25) is 0 Å². The average Bonchev–Trinajstić information content (AvgIpc) is 3.65. The van der Waals surface area contributed by atoms with E-state index in [2.05, 4.69) is 20.2 Å². The van der Waals surface area contributed by atoms with Gasteiger partial charge >= 0.3 is 0 Å². The summed E-state index contributed by atoms with van der Waals surface area (Å²) < 4.78 is 56.0. The van der Waals surface area contributed by atoms with Gasteiger partial charge in [-0.1, -0.05) is 24.3 Å². The van der Waals surface area contributed by atoms with Gasteiger partial charge in [-0.25, -0.2) is 22.5 Å². The van der Waals surface area contributed by atoms with Crippen LogP contribution >= 0.6 is 0 Å². The van der Waals surface area contributed by atoms with Crippen LogP contribution in [0.5, 0.6) is 0 Å². The largest absolute Gasteiger partial charge is 0.337 e. The van der Waals surface area contributed by atoms with E-state index in [0.717, 1.165) is 22.2 Å². The number of hydrogen-bond acceptors (Lipinski definition) is 4. The minimum Gasteiger partial charge on any atom is -0.337 e. The number of aromatic nitrogens is 5. The van der Waals surface area contributed by atoms with Crippen LogP contribution in [0.3, 0.4) is 0 Å². The second-order valence-electron chi connectivity index (χ2n) is 10.1. The van der Waals surface area contributed by atoms with Gasteiger partial charge < -0.3 is 4.98 Å². The van der Waals surface area contributed by atoms with Crippen LogP contribution in [0.15, 0.2) is 73.1 Å². The molecule has 0 spiro atoms. The summed E-state index contributed by atoms with van der Waals surface area (Å²) in [5.74, 6) is -3.03. The Morgan fingerprint density at radius 3 is 2.58 bits per heavy atom. The van der Waals surface area contributed by atoms with Gasteiger partial charge in [0.1, 0.15) is 22.8 Å². The molecule has 1 aliphatic heterocycles. The summed E-state index contributed by atoms with van der Waals surface area (Å²) >= 11 is 0. The molecule has 1 aliphatic rings. The van der Waals surface area contributed by atoms with E-state index >= 15 is 4.39 Å². The Morgan fingerprint density at radius 1 is 0.925 bits per heavy atom. The summed E-state index contributed by atoms with van der Waals surface area (Å²) in [4.78, 5) is 14.0. The predicted molar refractivity (Wildman–Crippen MR) is 145 cm³/mol. The SMILES string of the molecule is Fc1ccc(-c2cccc3[nH]c(-c4n[nH]c5c(F)cc(-c6cncc(CN7CCC(F)(F)C7)c6)cc45)nc23)cc1. The summed E-state index contributed by atoms with van der Waals surface area (Å²) in [5, 5.41) is 7.68. The molecular formula is C30H22F4N6. The number of halogens is 4. The maximum atomic E-state index is 15.3. The zero-order valence-electron chi connectivity index (χ0n) is 21.1.